The summed E-state index contributed by atoms with van der Waals surface area (Å²) in [6.45, 7) is 0. The average Bonchev–Trinajstić information content (AvgIpc) is 2.99. The molecule has 3 rings (SSSR count). The van der Waals surface area contributed by atoms with Crippen LogP contribution in [0.15, 0.2) is 41.8 Å². The molecule has 0 bridgehead atoms. The average molecular weight is 285 g/mol. The minimum absolute atomic E-state index is 0.286. The van der Waals surface area contributed by atoms with Gasteiger partial charge in [-0.1, -0.05) is 12.1 Å². The highest BCUT2D eigenvalue weighted by atomic mass is 32.1. The molecular formula is C14H11N3O2S. The van der Waals surface area contributed by atoms with Crippen molar-refractivity contribution >= 4 is 39.1 Å². The van der Waals surface area contributed by atoms with Crippen LogP contribution in [-0.4, -0.2) is 16.8 Å². The number of H-pyrrole nitrogens is 1. The summed E-state index contributed by atoms with van der Waals surface area (Å²) in [5.41, 5.74) is 7.34. The highest BCUT2D eigenvalue weighted by molar-refractivity contribution is 7.17. The fraction of sp³-hybridized carbons (Fsp3) is 0. The standard InChI is InChI=1S/C14H11N3O2S/c15-13(18)8-3-1-2-4-9(8)17-14(19)11-7-12-10(16-11)5-6-20-12/h1-7,16H,(H2,15,18)(H,17,19). The molecule has 2 amide bonds. The molecule has 6 heteroatoms. The molecule has 0 unspecified atom stereocenters. The van der Waals surface area contributed by atoms with Gasteiger partial charge >= 0.3 is 0 Å². The molecule has 0 aliphatic heterocycles. The highest BCUT2D eigenvalue weighted by Crippen LogP contribution is 2.22. The normalized spacial score (nSPS) is 10.6. The molecular weight excluding hydrogens is 274 g/mol. The topological polar surface area (TPSA) is 88.0 Å². The van der Waals surface area contributed by atoms with E-state index in [9.17, 15) is 9.59 Å². The summed E-state index contributed by atoms with van der Waals surface area (Å²) in [7, 11) is 0. The van der Waals surface area contributed by atoms with E-state index in [0.717, 1.165) is 10.2 Å². The monoisotopic (exact) mass is 285 g/mol. The molecule has 2 aromatic heterocycles. The van der Waals surface area contributed by atoms with Gasteiger partial charge in [-0.3, -0.25) is 9.59 Å². The van der Waals surface area contributed by atoms with E-state index in [0.29, 0.717) is 11.4 Å². The zero-order valence-electron chi connectivity index (χ0n) is 10.3. The Hall–Kier alpha value is -2.60. The number of hydrogen-bond donors (Lipinski definition) is 3. The molecule has 1 aromatic carbocycles. The number of carbonyl (C=O) groups is 2. The fourth-order valence-electron chi connectivity index (χ4n) is 1.97. The lowest BCUT2D eigenvalue weighted by atomic mass is 10.1. The minimum atomic E-state index is -0.576. The quantitative estimate of drug-likeness (QED) is 0.690. The number of rotatable bonds is 3. The van der Waals surface area contributed by atoms with Crippen LogP contribution in [0.4, 0.5) is 5.69 Å². The number of aromatic nitrogens is 1. The SMILES string of the molecule is NC(=O)c1ccccc1NC(=O)c1cc2sccc2[nH]1. The van der Waals surface area contributed by atoms with E-state index < -0.39 is 5.91 Å². The number of anilines is 1. The number of nitrogens with two attached hydrogens (primary N) is 1. The first kappa shape index (κ1) is 12.4. The highest BCUT2D eigenvalue weighted by Gasteiger charge is 2.13. The zero-order chi connectivity index (χ0) is 14.1. The molecule has 0 fully saturated rings. The molecule has 3 aromatic rings. The molecule has 2 heterocycles. The number of nitrogens with one attached hydrogen (secondary N) is 2. The molecule has 0 saturated carbocycles. The Labute approximate surface area is 118 Å². The van der Waals surface area contributed by atoms with Gasteiger partial charge in [0.25, 0.3) is 11.8 Å². The number of fused-ring (bicyclic) bond motifs is 1. The molecule has 0 aliphatic carbocycles. The first-order valence-electron chi connectivity index (χ1n) is 5.91. The van der Waals surface area contributed by atoms with Crippen molar-refractivity contribution in [2.75, 3.05) is 5.32 Å². The molecule has 0 atom stereocenters. The number of thiophene rings is 1. The van der Waals surface area contributed by atoms with Crippen molar-refractivity contribution in [2.24, 2.45) is 5.73 Å². The van der Waals surface area contributed by atoms with E-state index in [1.807, 2.05) is 11.4 Å². The summed E-state index contributed by atoms with van der Waals surface area (Å²) in [4.78, 5) is 26.5. The number of aromatic amines is 1. The summed E-state index contributed by atoms with van der Waals surface area (Å²) in [5.74, 6) is -0.879. The second-order valence-corrected chi connectivity index (χ2v) is 5.19. The fourth-order valence-corrected chi connectivity index (χ4v) is 2.75. The van der Waals surface area contributed by atoms with Gasteiger partial charge in [0, 0.05) is 0 Å². The van der Waals surface area contributed by atoms with Crippen LogP contribution in [0.2, 0.25) is 0 Å². The molecule has 5 nitrogen and oxygen atoms in total. The number of carbonyl (C=O) groups excluding carboxylic acids is 2. The van der Waals surface area contributed by atoms with Crippen LogP contribution in [0.3, 0.4) is 0 Å². The maximum absolute atomic E-state index is 12.2. The maximum Gasteiger partial charge on any atom is 0.272 e. The second kappa shape index (κ2) is 4.82. The predicted molar refractivity (Wildman–Crippen MR) is 79.1 cm³/mol. The van der Waals surface area contributed by atoms with Crippen molar-refractivity contribution in [1.82, 2.24) is 4.98 Å². The summed E-state index contributed by atoms with van der Waals surface area (Å²) in [5, 5.41) is 4.64. The van der Waals surface area contributed by atoms with Gasteiger partial charge in [0.15, 0.2) is 0 Å². The molecule has 0 aliphatic rings. The third-order valence-corrected chi connectivity index (χ3v) is 3.79. The van der Waals surface area contributed by atoms with Crippen molar-refractivity contribution in [3.05, 3.63) is 53.0 Å². The lowest BCUT2D eigenvalue weighted by molar-refractivity contribution is 0.100. The number of para-hydroxylation sites is 1. The molecule has 4 N–H and O–H groups in total. The Morgan fingerprint density at radius 2 is 2.00 bits per heavy atom. The van der Waals surface area contributed by atoms with E-state index in [4.69, 9.17) is 5.73 Å². The zero-order valence-corrected chi connectivity index (χ0v) is 11.2. The van der Waals surface area contributed by atoms with Gasteiger partial charge in [-0.05, 0) is 29.6 Å². The van der Waals surface area contributed by atoms with Gasteiger partial charge in [0.1, 0.15) is 5.69 Å². The summed E-state index contributed by atoms with van der Waals surface area (Å²) >= 11 is 1.55. The first-order chi connectivity index (χ1) is 9.65. The van der Waals surface area contributed by atoms with Crippen molar-refractivity contribution in [1.29, 1.82) is 0 Å². The van der Waals surface area contributed by atoms with E-state index in [1.165, 1.54) is 0 Å². The lowest BCUT2D eigenvalue weighted by Crippen LogP contribution is -2.18. The largest absolute Gasteiger partial charge is 0.366 e. The minimum Gasteiger partial charge on any atom is -0.366 e. The Kier molecular flexibility index (Phi) is 3.00. The summed E-state index contributed by atoms with van der Waals surface area (Å²) in [6, 6.07) is 10.3. The first-order valence-corrected chi connectivity index (χ1v) is 6.79. The number of hydrogen-bond acceptors (Lipinski definition) is 3. The third kappa shape index (κ3) is 2.17. The van der Waals surface area contributed by atoms with Gasteiger partial charge in [-0.2, -0.15) is 0 Å². The second-order valence-electron chi connectivity index (χ2n) is 4.25. The molecule has 0 spiro atoms. The van der Waals surface area contributed by atoms with Gasteiger partial charge in [-0.25, -0.2) is 0 Å². The maximum atomic E-state index is 12.2. The number of primary amides is 1. The number of amides is 2. The van der Waals surface area contributed by atoms with Crippen LogP contribution in [0, 0.1) is 0 Å². The van der Waals surface area contributed by atoms with Gasteiger partial charge < -0.3 is 16.0 Å². The van der Waals surface area contributed by atoms with Crippen LogP contribution in [0.25, 0.3) is 10.2 Å². The van der Waals surface area contributed by atoms with E-state index in [2.05, 4.69) is 10.3 Å². The third-order valence-electron chi connectivity index (χ3n) is 2.93. The molecule has 100 valence electrons. The van der Waals surface area contributed by atoms with Crippen LogP contribution < -0.4 is 11.1 Å². The lowest BCUT2D eigenvalue weighted by Gasteiger charge is -2.07. The summed E-state index contributed by atoms with van der Waals surface area (Å²) in [6.07, 6.45) is 0. The van der Waals surface area contributed by atoms with Crippen molar-refractivity contribution in [3.63, 3.8) is 0 Å². The predicted octanol–water partition coefficient (Wildman–Crippen LogP) is 2.58. The van der Waals surface area contributed by atoms with Crippen LogP contribution in [-0.2, 0) is 0 Å². The van der Waals surface area contributed by atoms with Crippen LogP contribution >= 0.6 is 11.3 Å². The molecule has 0 radical (unpaired) electrons. The van der Waals surface area contributed by atoms with Crippen molar-refractivity contribution in [2.45, 2.75) is 0 Å². The Balaban J connectivity index is 1.89. The Morgan fingerprint density at radius 1 is 1.20 bits per heavy atom. The Bertz CT molecular complexity index is 775. The van der Waals surface area contributed by atoms with E-state index >= 15 is 0 Å². The molecule has 20 heavy (non-hydrogen) atoms. The Morgan fingerprint density at radius 3 is 2.75 bits per heavy atom. The van der Waals surface area contributed by atoms with Crippen molar-refractivity contribution < 1.29 is 9.59 Å². The number of benzene rings is 1. The smallest absolute Gasteiger partial charge is 0.272 e. The van der Waals surface area contributed by atoms with Crippen molar-refractivity contribution in [3.8, 4) is 0 Å². The summed E-state index contributed by atoms with van der Waals surface area (Å²) < 4.78 is 1.01. The van der Waals surface area contributed by atoms with Gasteiger partial charge in [0.2, 0.25) is 0 Å². The molecule has 0 saturated heterocycles. The van der Waals surface area contributed by atoms with Crippen LogP contribution in [0.5, 0.6) is 0 Å². The van der Waals surface area contributed by atoms with Gasteiger partial charge in [0.05, 0.1) is 21.5 Å². The van der Waals surface area contributed by atoms with E-state index in [-0.39, 0.29) is 11.5 Å². The van der Waals surface area contributed by atoms with E-state index in [1.54, 1.807) is 41.7 Å². The van der Waals surface area contributed by atoms with Gasteiger partial charge in [-0.15, -0.1) is 11.3 Å². The van der Waals surface area contributed by atoms with Crippen LogP contribution in [0.1, 0.15) is 20.8 Å².